The van der Waals surface area contributed by atoms with E-state index in [-0.39, 0.29) is 0 Å². The molecule has 2 nitrogen and oxygen atoms in total. The zero-order valence-electron chi connectivity index (χ0n) is 12.5. The highest BCUT2D eigenvalue weighted by molar-refractivity contribution is 4.90. The Morgan fingerprint density at radius 2 is 1.67 bits per heavy atom. The molecule has 0 amide bonds. The predicted molar refractivity (Wildman–Crippen MR) is 78.6 cm³/mol. The molecule has 2 heteroatoms. The van der Waals surface area contributed by atoms with Gasteiger partial charge in [-0.2, -0.15) is 0 Å². The van der Waals surface area contributed by atoms with Gasteiger partial charge in [-0.1, -0.05) is 33.1 Å². The average molecular weight is 252 g/mol. The Morgan fingerprint density at radius 1 is 1.06 bits per heavy atom. The summed E-state index contributed by atoms with van der Waals surface area (Å²) in [4.78, 5) is 2.68. The summed E-state index contributed by atoms with van der Waals surface area (Å²) in [7, 11) is 0. The molecular formula is C16H32N2. The number of nitrogens with two attached hydrogens (primary N) is 1. The fraction of sp³-hybridized carbons (Fsp3) is 1.00. The molecule has 1 saturated carbocycles. The summed E-state index contributed by atoms with van der Waals surface area (Å²) in [6.45, 7) is 9.28. The first-order valence-electron chi connectivity index (χ1n) is 8.04. The molecule has 1 aliphatic heterocycles. The van der Waals surface area contributed by atoms with Crippen molar-refractivity contribution in [3.05, 3.63) is 0 Å². The van der Waals surface area contributed by atoms with Crippen molar-refractivity contribution < 1.29 is 0 Å². The molecule has 2 rings (SSSR count). The van der Waals surface area contributed by atoms with Crippen LogP contribution >= 0.6 is 0 Å². The highest BCUT2D eigenvalue weighted by atomic mass is 15.1. The number of hydrogen-bond donors (Lipinski definition) is 1. The van der Waals surface area contributed by atoms with E-state index in [9.17, 15) is 0 Å². The lowest BCUT2D eigenvalue weighted by atomic mass is 9.68. The van der Waals surface area contributed by atoms with Gasteiger partial charge in [-0.15, -0.1) is 0 Å². The van der Waals surface area contributed by atoms with Crippen LogP contribution in [0.25, 0.3) is 0 Å². The van der Waals surface area contributed by atoms with Crippen LogP contribution in [0, 0.1) is 10.8 Å². The normalized spacial score (nSPS) is 28.2. The third-order valence-electron chi connectivity index (χ3n) is 5.78. The Bertz CT molecular complexity index is 242. The summed E-state index contributed by atoms with van der Waals surface area (Å²) >= 11 is 0. The minimum Gasteiger partial charge on any atom is -0.330 e. The van der Waals surface area contributed by atoms with Crippen molar-refractivity contribution in [2.24, 2.45) is 16.6 Å². The van der Waals surface area contributed by atoms with Crippen LogP contribution in [0.3, 0.4) is 0 Å². The molecule has 18 heavy (non-hydrogen) atoms. The predicted octanol–water partition coefficient (Wildman–Crippen LogP) is 3.41. The fourth-order valence-corrected chi connectivity index (χ4v) is 3.85. The quantitative estimate of drug-likeness (QED) is 0.831. The molecule has 1 atom stereocenters. The van der Waals surface area contributed by atoms with Gasteiger partial charge in [0.25, 0.3) is 0 Å². The summed E-state index contributed by atoms with van der Waals surface area (Å²) in [5, 5.41) is 0. The maximum absolute atomic E-state index is 5.94. The molecule has 1 unspecified atom stereocenters. The second-order valence-electron chi connectivity index (χ2n) is 7.21. The standard InChI is InChI=1S/C16H32N2/c1-3-15(2,13-17)14-18-11-9-16(10-12-18)7-5-4-6-8-16/h3-14,17H2,1-2H3. The molecule has 0 aromatic carbocycles. The molecule has 1 heterocycles. The van der Waals surface area contributed by atoms with Gasteiger partial charge < -0.3 is 10.6 Å². The molecule has 1 saturated heterocycles. The number of piperidine rings is 1. The van der Waals surface area contributed by atoms with Crippen molar-refractivity contribution in [1.29, 1.82) is 0 Å². The van der Waals surface area contributed by atoms with Crippen LogP contribution in [0.4, 0.5) is 0 Å². The lowest BCUT2D eigenvalue weighted by molar-refractivity contribution is 0.0459. The molecule has 0 aromatic heterocycles. The van der Waals surface area contributed by atoms with Crippen molar-refractivity contribution in [3.8, 4) is 0 Å². The highest BCUT2D eigenvalue weighted by Gasteiger charge is 2.36. The Balaban J connectivity index is 1.82. The van der Waals surface area contributed by atoms with Gasteiger partial charge in [0.05, 0.1) is 0 Å². The zero-order chi connectivity index (χ0) is 13.1. The SMILES string of the molecule is CCC(C)(CN)CN1CCC2(CCCCC2)CC1. The average Bonchev–Trinajstić information content (AvgIpc) is 2.43. The van der Waals surface area contributed by atoms with Crippen molar-refractivity contribution in [3.63, 3.8) is 0 Å². The van der Waals surface area contributed by atoms with Crippen LogP contribution in [0.15, 0.2) is 0 Å². The Labute approximate surface area is 113 Å². The summed E-state index contributed by atoms with van der Waals surface area (Å²) < 4.78 is 0. The van der Waals surface area contributed by atoms with E-state index in [2.05, 4.69) is 18.7 Å². The lowest BCUT2D eigenvalue weighted by Crippen LogP contribution is -2.46. The van der Waals surface area contributed by atoms with Crippen LogP contribution in [0.1, 0.15) is 65.2 Å². The molecule has 106 valence electrons. The third kappa shape index (κ3) is 3.27. The fourth-order valence-electron chi connectivity index (χ4n) is 3.85. The van der Waals surface area contributed by atoms with Crippen LogP contribution < -0.4 is 5.73 Å². The van der Waals surface area contributed by atoms with Gasteiger partial charge in [0.15, 0.2) is 0 Å². The summed E-state index contributed by atoms with van der Waals surface area (Å²) in [6, 6.07) is 0. The van der Waals surface area contributed by atoms with E-state index >= 15 is 0 Å². The van der Waals surface area contributed by atoms with Crippen molar-refractivity contribution in [2.45, 2.75) is 65.2 Å². The van der Waals surface area contributed by atoms with Crippen LogP contribution in [-0.4, -0.2) is 31.1 Å². The molecule has 2 aliphatic rings. The molecule has 0 bridgehead atoms. The van der Waals surface area contributed by atoms with Crippen molar-refractivity contribution >= 4 is 0 Å². The van der Waals surface area contributed by atoms with E-state index in [1.807, 2.05) is 0 Å². The molecule has 0 aromatic rings. The third-order valence-corrected chi connectivity index (χ3v) is 5.78. The van der Waals surface area contributed by atoms with E-state index in [0.717, 1.165) is 12.0 Å². The van der Waals surface area contributed by atoms with Crippen LogP contribution in [0.2, 0.25) is 0 Å². The summed E-state index contributed by atoms with van der Waals surface area (Å²) in [6.07, 6.45) is 11.5. The molecule has 1 spiro atoms. The molecule has 2 fully saturated rings. The number of rotatable bonds is 4. The van der Waals surface area contributed by atoms with Crippen molar-refractivity contribution in [2.75, 3.05) is 26.2 Å². The maximum atomic E-state index is 5.94. The van der Waals surface area contributed by atoms with E-state index in [1.165, 1.54) is 71.0 Å². The molecule has 0 radical (unpaired) electrons. The Hall–Kier alpha value is -0.0800. The minimum atomic E-state index is 0.330. The van der Waals surface area contributed by atoms with Crippen LogP contribution in [-0.2, 0) is 0 Å². The van der Waals surface area contributed by atoms with E-state index in [1.54, 1.807) is 0 Å². The van der Waals surface area contributed by atoms with E-state index in [0.29, 0.717) is 5.41 Å². The van der Waals surface area contributed by atoms with Gasteiger partial charge in [0, 0.05) is 6.54 Å². The first-order valence-corrected chi connectivity index (χ1v) is 8.04. The van der Waals surface area contributed by atoms with Gasteiger partial charge in [-0.3, -0.25) is 0 Å². The summed E-state index contributed by atoms with van der Waals surface area (Å²) in [5.41, 5.74) is 7.01. The largest absolute Gasteiger partial charge is 0.330 e. The molecule has 2 N–H and O–H groups in total. The Morgan fingerprint density at radius 3 is 2.17 bits per heavy atom. The smallest absolute Gasteiger partial charge is 0.00473 e. The van der Waals surface area contributed by atoms with E-state index in [4.69, 9.17) is 5.73 Å². The van der Waals surface area contributed by atoms with Crippen molar-refractivity contribution in [1.82, 2.24) is 4.90 Å². The number of nitrogens with zero attached hydrogens (tertiary/aromatic N) is 1. The monoisotopic (exact) mass is 252 g/mol. The van der Waals surface area contributed by atoms with Gasteiger partial charge in [0.2, 0.25) is 0 Å². The topological polar surface area (TPSA) is 29.3 Å². The summed E-state index contributed by atoms with van der Waals surface area (Å²) in [5.74, 6) is 0. The minimum absolute atomic E-state index is 0.330. The van der Waals surface area contributed by atoms with Gasteiger partial charge in [-0.25, -0.2) is 0 Å². The van der Waals surface area contributed by atoms with Gasteiger partial charge in [-0.05, 0) is 62.6 Å². The first kappa shape index (κ1) is 14.3. The zero-order valence-corrected chi connectivity index (χ0v) is 12.5. The molecule has 1 aliphatic carbocycles. The maximum Gasteiger partial charge on any atom is 0.00473 e. The van der Waals surface area contributed by atoms with Crippen LogP contribution in [0.5, 0.6) is 0 Å². The number of hydrogen-bond acceptors (Lipinski definition) is 2. The second kappa shape index (κ2) is 5.92. The van der Waals surface area contributed by atoms with Gasteiger partial charge >= 0.3 is 0 Å². The highest BCUT2D eigenvalue weighted by Crippen LogP contribution is 2.44. The number of likely N-dealkylation sites (tertiary alicyclic amines) is 1. The van der Waals surface area contributed by atoms with Gasteiger partial charge in [0.1, 0.15) is 0 Å². The second-order valence-corrected chi connectivity index (χ2v) is 7.21. The first-order chi connectivity index (χ1) is 8.61. The van der Waals surface area contributed by atoms with E-state index < -0.39 is 0 Å². The lowest BCUT2D eigenvalue weighted by Gasteiger charge is -2.46. The molecular weight excluding hydrogens is 220 g/mol. The Kier molecular flexibility index (Phi) is 4.71.